The largest absolute Gasteiger partial charge is 0.316 e. The van der Waals surface area contributed by atoms with Gasteiger partial charge in [-0.15, -0.1) is 11.3 Å². The molecule has 1 fully saturated rings. The van der Waals surface area contributed by atoms with Crippen LogP contribution in [-0.4, -0.2) is 18.9 Å². The molecule has 2 nitrogen and oxygen atoms in total. The highest BCUT2D eigenvalue weighted by atomic mass is 35.5. The topological polar surface area (TPSA) is 29.1 Å². The van der Waals surface area contributed by atoms with Crippen molar-refractivity contribution in [1.29, 1.82) is 0 Å². The Labute approximate surface area is 103 Å². The van der Waals surface area contributed by atoms with Crippen LogP contribution in [0.5, 0.6) is 0 Å². The van der Waals surface area contributed by atoms with Gasteiger partial charge >= 0.3 is 0 Å². The molecule has 1 aromatic rings. The highest BCUT2D eigenvalue weighted by Gasteiger charge is 2.25. The maximum Gasteiger partial charge on any atom is 0.169 e. The van der Waals surface area contributed by atoms with Gasteiger partial charge in [-0.2, -0.15) is 0 Å². The minimum absolute atomic E-state index is 0.0573. The molecule has 1 unspecified atom stereocenters. The van der Waals surface area contributed by atoms with Gasteiger partial charge in [0.05, 0.1) is 4.34 Å². The number of carbonyl (C=O) groups is 1. The van der Waals surface area contributed by atoms with Gasteiger partial charge < -0.3 is 5.32 Å². The molecule has 2 rings (SSSR count). The smallest absolute Gasteiger partial charge is 0.169 e. The summed E-state index contributed by atoms with van der Waals surface area (Å²) in [6.45, 7) is 1.75. The summed E-state index contributed by atoms with van der Waals surface area (Å²) >= 11 is 13.0. The Bertz CT molecular complexity index is 371. The van der Waals surface area contributed by atoms with Crippen LogP contribution in [0, 0.1) is 5.92 Å². The minimum atomic E-state index is 0.0573. The average Bonchev–Trinajstić information content (AvgIpc) is 2.58. The Balaban J connectivity index is 2.16. The lowest BCUT2D eigenvalue weighted by Crippen LogP contribution is -2.34. The lowest BCUT2D eigenvalue weighted by molar-refractivity contribution is 0.0900. The molecule has 82 valence electrons. The first kappa shape index (κ1) is 11.4. The number of Topliss-reactive ketones (excluding diaryl/α,β-unsaturated/α-hetero) is 1. The predicted octanol–water partition coefficient (Wildman–Crippen LogP) is 3.24. The SMILES string of the molecule is O=C(c1cc(Cl)sc1Cl)C1CCCNC1. The van der Waals surface area contributed by atoms with E-state index in [-0.39, 0.29) is 11.7 Å². The van der Waals surface area contributed by atoms with Crippen LogP contribution >= 0.6 is 34.5 Å². The third-order valence-corrected chi connectivity index (χ3v) is 4.08. The monoisotopic (exact) mass is 263 g/mol. The van der Waals surface area contributed by atoms with Crippen molar-refractivity contribution in [3.8, 4) is 0 Å². The summed E-state index contributed by atoms with van der Waals surface area (Å²) in [6.07, 6.45) is 1.99. The van der Waals surface area contributed by atoms with E-state index in [1.807, 2.05) is 0 Å². The van der Waals surface area contributed by atoms with E-state index in [2.05, 4.69) is 5.32 Å². The molecule has 0 amide bonds. The summed E-state index contributed by atoms with van der Waals surface area (Å²) in [6, 6.07) is 1.67. The van der Waals surface area contributed by atoms with E-state index >= 15 is 0 Å². The molecule has 0 aromatic carbocycles. The van der Waals surface area contributed by atoms with E-state index in [0.717, 1.165) is 25.9 Å². The molecule has 5 heteroatoms. The van der Waals surface area contributed by atoms with E-state index < -0.39 is 0 Å². The van der Waals surface area contributed by atoms with Crippen LogP contribution in [0.1, 0.15) is 23.2 Å². The second kappa shape index (κ2) is 4.83. The van der Waals surface area contributed by atoms with Crippen molar-refractivity contribution in [1.82, 2.24) is 5.32 Å². The fourth-order valence-electron chi connectivity index (χ4n) is 1.80. The molecule has 2 heterocycles. The fourth-order valence-corrected chi connectivity index (χ4v) is 3.28. The van der Waals surface area contributed by atoms with Gasteiger partial charge in [0.25, 0.3) is 0 Å². The van der Waals surface area contributed by atoms with Gasteiger partial charge in [0.2, 0.25) is 0 Å². The maximum atomic E-state index is 12.1. The van der Waals surface area contributed by atoms with Crippen LogP contribution in [-0.2, 0) is 0 Å². The van der Waals surface area contributed by atoms with Crippen molar-refractivity contribution in [2.75, 3.05) is 13.1 Å². The Kier molecular flexibility index (Phi) is 3.67. The number of hydrogen-bond acceptors (Lipinski definition) is 3. The summed E-state index contributed by atoms with van der Waals surface area (Å²) in [5, 5.41) is 3.22. The molecule has 1 saturated heterocycles. The average molecular weight is 264 g/mol. The van der Waals surface area contributed by atoms with Crippen LogP contribution in [0.2, 0.25) is 8.67 Å². The Morgan fingerprint density at radius 3 is 2.87 bits per heavy atom. The van der Waals surface area contributed by atoms with Crippen molar-refractivity contribution in [3.05, 3.63) is 20.3 Å². The molecular formula is C10H11Cl2NOS. The van der Waals surface area contributed by atoms with Gasteiger partial charge in [0.15, 0.2) is 5.78 Å². The lowest BCUT2D eigenvalue weighted by Gasteiger charge is -2.21. The molecular weight excluding hydrogens is 253 g/mol. The number of rotatable bonds is 2. The zero-order chi connectivity index (χ0) is 10.8. The second-order valence-corrected chi connectivity index (χ2v) is 5.93. The molecule has 0 aliphatic carbocycles. The number of piperidine rings is 1. The maximum absolute atomic E-state index is 12.1. The third kappa shape index (κ3) is 2.53. The number of halogens is 2. The quantitative estimate of drug-likeness (QED) is 0.831. The van der Waals surface area contributed by atoms with Gasteiger partial charge in [-0.25, -0.2) is 0 Å². The Morgan fingerprint density at radius 1 is 1.53 bits per heavy atom. The van der Waals surface area contributed by atoms with E-state index in [0.29, 0.717) is 14.2 Å². The number of nitrogens with one attached hydrogen (secondary N) is 1. The molecule has 1 aliphatic rings. The first-order chi connectivity index (χ1) is 7.18. The van der Waals surface area contributed by atoms with Gasteiger partial charge in [0, 0.05) is 18.0 Å². The third-order valence-electron chi connectivity index (χ3n) is 2.59. The molecule has 0 spiro atoms. The predicted molar refractivity (Wildman–Crippen MR) is 64.3 cm³/mol. The number of thiophene rings is 1. The highest BCUT2D eigenvalue weighted by molar-refractivity contribution is 7.20. The molecule has 15 heavy (non-hydrogen) atoms. The van der Waals surface area contributed by atoms with Gasteiger partial charge in [-0.1, -0.05) is 23.2 Å². The van der Waals surface area contributed by atoms with Crippen LogP contribution in [0.3, 0.4) is 0 Å². The molecule has 0 saturated carbocycles. The van der Waals surface area contributed by atoms with Crippen LogP contribution in [0.15, 0.2) is 6.07 Å². The van der Waals surface area contributed by atoms with Crippen molar-refractivity contribution in [2.24, 2.45) is 5.92 Å². The molecule has 1 aliphatic heterocycles. The van der Waals surface area contributed by atoms with Gasteiger partial charge in [-0.3, -0.25) is 4.79 Å². The number of hydrogen-bond donors (Lipinski definition) is 1. The number of ketones is 1. The van der Waals surface area contributed by atoms with E-state index in [1.165, 1.54) is 11.3 Å². The standard InChI is InChI=1S/C10H11Cl2NOS/c11-8-4-7(10(12)15-8)9(14)6-2-1-3-13-5-6/h4,6,13H,1-3,5H2. The summed E-state index contributed by atoms with van der Waals surface area (Å²) in [5.41, 5.74) is 0.584. The lowest BCUT2D eigenvalue weighted by atomic mass is 9.92. The van der Waals surface area contributed by atoms with Crippen LogP contribution in [0.25, 0.3) is 0 Å². The van der Waals surface area contributed by atoms with Crippen LogP contribution < -0.4 is 5.32 Å². The van der Waals surface area contributed by atoms with E-state index in [1.54, 1.807) is 6.07 Å². The normalized spacial score (nSPS) is 21.6. The summed E-state index contributed by atoms with van der Waals surface area (Å²) in [5.74, 6) is 0.178. The molecule has 0 radical (unpaired) electrons. The summed E-state index contributed by atoms with van der Waals surface area (Å²) < 4.78 is 1.09. The number of carbonyl (C=O) groups excluding carboxylic acids is 1. The van der Waals surface area contributed by atoms with Gasteiger partial charge in [0.1, 0.15) is 4.34 Å². The minimum Gasteiger partial charge on any atom is -0.316 e. The zero-order valence-corrected chi connectivity index (χ0v) is 10.4. The van der Waals surface area contributed by atoms with Crippen molar-refractivity contribution >= 4 is 40.3 Å². The van der Waals surface area contributed by atoms with E-state index in [4.69, 9.17) is 23.2 Å². The first-order valence-corrected chi connectivity index (χ1v) is 6.45. The second-order valence-electron chi connectivity index (χ2n) is 3.65. The molecule has 0 bridgehead atoms. The van der Waals surface area contributed by atoms with Crippen LogP contribution in [0.4, 0.5) is 0 Å². The Morgan fingerprint density at radius 2 is 2.33 bits per heavy atom. The molecule has 1 atom stereocenters. The summed E-state index contributed by atoms with van der Waals surface area (Å²) in [4.78, 5) is 12.1. The first-order valence-electron chi connectivity index (χ1n) is 4.88. The molecule has 1 N–H and O–H groups in total. The fraction of sp³-hybridized carbons (Fsp3) is 0.500. The highest BCUT2D eigenvalue weighted by Crippen LogP contribution is 2.33. The zero-order valence-electron chi connectivity index (χ0n) is 8.06. The van der Waals surface area contributed by atoms with Crippen molar-refractivity contribution in [3.63, 3.8) is 0 Å². The van der Waals surface area contributed by atoms with Crippen molar-refractivity contribution < 1.29 is 4.79 Å². The Hall–Kier alpha value is -0.0900. The molecule has 1 aromatic heterocycles. The van der Waals surface area contributed by atoms with Crippen molar-refractivity contribution in [2.45, 2.75) is 12.8 Å². The summed E-state index contributed by atoms with van der Waals surface area (Å²) in [7, 11) is 0. The van der Waals surface area contributed by atoms with Gasteiger partial charge in [-0.05, 0) is 25.5 Å². The van der Waals surface area contributed by atoms with E-state index in [9.17, 15) is 4.79 Å².